The summed E-state index contributed by atoms with van der Waals surface area (Å²) in [6.07, 6.45) is 0. The molecule has 10 rings (SSSR count). The van der Waals surface area contributed by atoms with Crippen LogP contribution in [0, 0.1) is 0 Å². The van der Waals surface area contributed by atoms with Crippen LogP contribution < -0.4 is 0 Å². The van der Waals surface area contributed by atoms with Gasteiger partial charge in [-0.2, -0.15) is 0 Å². The molecule has 0 unspecified atom stereocenters. The molecule has 4 nitrogen and oxygen atoms in total. The van der Waals surface area contributed by atoms with Crippen molar-refractivity contribution in [2.75, 3.05) is 0 Å². The zero-order chi connectivity index (χ0) is 35.0. The van der Waals surface area contributed by atoms with Crippen LogP contribution in [-0.4, -0.2) is 19.9 Å². The zero-order valence-corrected chi connectivity index (χ0v) is 30.5. The minimum Gasteiger partial charge on any atom is -0.216 e. The standard InChI is InChI=1S/2C22H13ClN2S/c2*23-22-24-19(21-20(25-22)17-8-4-5-9-18(17)26-21)16-12-10-15(11-13-16)14-6-2-1-3-7-14/h2*1-13H. The fourth-order valence-electron chi connectivity index (χ4n) is 6.42. The maximum Gasteiger partial charge on any atom is 0.223 e. The highest BCUT2D eigenvalue weighted by atomic mass is 35.5. The van der Waals surface area contributed by atoms with Crippen molar-refractivity contribution in [3.8, 4) is 44.8 Å². The molecule has 4 heterocycles. The van der Waals surface area contributed by atoms with Crippen LogP contribution in [0.3, 0.4) is 0 Å². The number of hydrogen-bond acceptors (Lipinski definition) is 6. The molecule has 0 aliphatic carbocycles. The van der Waals surface area contributed by atoms with Gasteiger partial charge in [-0.25, -0.2) is 19.9 Å². The van der Waals surface area contributed by atoms with Crippen LogP contribution in [0.4, 0.5) is 0 Å². The summed E-state index contributed by atoms with van der Waals surface area (Å²) in [5.74, 6) is 0. The summed E-state index contributed by atoms with van der Waals surface area (Å²) in [4.78, 5) is 18.0. The van der Waals surface area contributed by atoms with Crippen LogP contribution in [0.5, 0.6) is 0 Å². The lowest BCUT2D eigenvalue weighted by Crippen LogP contribution is -1.89. The number of thiophene rings is 2. The Labute approximate surface area is 317 Å². The molecule has 0 saturated heterocycles. The summed E-state index contributed by atoms with van der Waals surface area (Å²) < 4.78 is 4.54. The van der Waals surface area contributed by atoms with Gasteiger partial charge in [-0.1, -0.05) is 146 Å². The molecule has 8 heteroatoms. The van der Waals surface area contributed by atoms with Crippen LogP contribution in [0.25, 0.3) is 85.4 Å². The lowest BCUT2D eigenvalue weighted by Gasteiger charge is -2.06. The van der Waals surface area contributed by atoms with E-state index in [9.17, 15) is 0 Å². The van der Waals surface area contributed by atoms with E-state index in [0.717, 1.165) is 53.7 Å². The lowest BCUT2D eigenvalue weighted by molar-refractivity contribution is 1.23. The molecule has 248 valence electrons. The predicted molar refractivity (Wildman–Crippen MR) is 222 cm³/mol. The monoisotopic (exact) mass is 744 g/mol. The second kappa shape index (κ2) is 13.9. The van der Waals surface area contributed by atoms with E-state index in [1.807, 2.05) is 60.7 Å². The first-order valence-electron chi connectivity index (χ1n) is 16.6. The number of halogens is 2. The quantitative estimate of drug-likeness (QED) is 0.168. The third-order valence-corrected chi connectivity index (χ3v) is 11.6. The molecule has 0 radical (unpaired) electrons. The Morgan fingerprint density at radius 3 is 1.06 bits per heavy atom. The van der Waals surface area contributed by atoms with E-state index in [1.165, 1.54) is 31.7 Å². The smallest absolute Gasteiger partial charge is 0.216 e. The first-order chi connectivity index (χ1) is 25.6. The summed E-state index contributed by atoms with van der Waals surface area (Å²) in [6, 6.07) is 54.1. The normalized spacial score (nSPS) is 11.3. The maximum absolute atomic E-state index is 6.24. The van der Waals surface area contributed by atoms with E-state index in [1.54, 1.807) is 22.7 Å². The number of rotatable bonds is 4. The highest BCUT2D eigenvalue weighted by Crippen LogP contribution is 2.40. The van der Waals surface area contributed by atoms with Crippen LogP contribution in [-0.2, 0) is 0 Å². The van der Waals surface area contributed by atoms with E-state index < -0.39 is 0 Å². The maximum atomic E-state index is 6.24. The minimum atomic E-state index is 0.281. The lowest BCUT2D eigenvalue weighted by atomic mass is 10.0. The van der Waals surface area contributed by atoms with E-state index >= 15 is 0 Å². The fraction of sp³-hybridized carbons (Fsp3) is 0. The molecular weight excluding hydrogens is 720 g/mol. The zero-order valence-electron chi connectivity index (χ0n) is 27.4. The van der Waals surface area contributed by atoms with Crippen molar-refractivity contribution < 1.29 is 0 Å². The molecule has 0 amide bonds. The second-order valence-corrected chi connectivity index (χ2v) is 14.9. The Kier molecular flexibility index (Phi) is 8.67. The first kappa shape index (κ1) is 32.4. The van der Waals surface area contributed by atoms with Crippen molar-refractivity contribution >= 4 is 86.5 Å². The minimum absolute atomic E-state index is 0.281. The van der Waals surface area contributed by atoms with Gasteiger partial charge >= 0.3 is 0 Å². The van der Waals surface area contributed by atoms with Crippen molar-refractivity contribution in [2.45, 2.75) is 0 Å². The average Bonchev–Trinajstić information content (AvgIpc) is 3.77. The number of hydrogen-bond donors (Lipinski definition) is 0. The number of aromatic nitrogens is 4. The Bertz CT molecular complexity index is 2650. The number of benzene rings is 6. The van der Waals surface area contributed by atoms with Gasteiger partial charge in [0.2, 0.25) is 10.6 Å². The van der Waals surface area contributed by atoms with Crippen LogP contribution in [0.1, 0.15) is 0 Å². The third-order valence-electron chi connectivity index (χ3n) is 8.92. The molecule has 6 aromatic carbocycles. The van der Waals surface area contributed by atoms with Gasteiger partial charge in [-0.3, -0.25) is 0 Å². The molecule has 0 N–H and O–H groups in total. The van der Waals surface area contributed by atoms with Crippen molar-refractivity contribution in [1.29, 1.82) is 0 Å². The van der Waals surface area contributed by atoms with Crippen molar-refractivity contribution in [3.05, 3.63) is 168 Å². The topological polar surface area (TPSA) is 51.6 Å². The van der Waals surface area contributed by atoms with Gasteiger partial charge in [0.05, 0.1) is 31.8 Å². The summed E-state index contributed by atoms with van der Waals surface area (Å²) in [5, 5.41) is 2.81. The second-order valence-electron chi connectivity index (χ2n) is 12.1. The van der Waals surface area contributed by atoms with Gasteiger partial charge < -0.3 is 0 Å². The molecule has 52 heavy (non-hydrogen) atoms. The molecule has 0 bridgehead atoms. The largest absolute Gasteiger partial charge is 0.223 e. The van der Waals surface area contributed by atoms with Gasteiger partial charge in [0.25, 0.3) is 0 Å². The Morgan fingerprint density at radius 2 is 0.654 bits per heavy atom. The highest BCUT2D eigenvalue weighted by Gasteiger charge is 2.16. The summed E-state index contributed by atoms with van der Waals surface area (Å²) >= 11 is 15.9. The van der Waals surface area contributed by atoms with Gasteiger partial charge in [0.1, 0.15) is 0 Å². The van der Waals surface area contributed by atoms with E-state index in [-0.39, 0.29) is 10.6 Å². The molecule has 0 aliphatic rings. The SMILES string of the molecule is Clc1nc(-c2ccc(-c3ccccc3)cc2)c2sc3ccccc3c2n1.Clc1nc(-c2ccc(-c3ccccc3)cc2)c2sc3ccccc3c2n1. The van der Waals surface area contributed by atoms with Crippen LogP contribution in [0.15, 0.2) is 158 Å². The summed E-state index contributed by atoms with van der Waals surface area (Å²) in [5.41, 5.74) is 10.5. The first-order valence-corrected chi connectivity index (χ1v) is 19.0. The Hall–Kier alpha value is -5.50. The summed E-state index contributed by atoms with van der Waals surface area (Å²) in [7, 11) is 0. The molecule has 0 saturated carbocycles. The fourth-order valence-corrected chi connectivity index (χ4v) is 9.07. The number of nitrogens with zero attached hydrogens (tertiary/aromatic N) is 4. The average molecular weight is 746 g/mol. The van der Waals surface area contributed by atoms with Crippen molar-refractivity contribution in [2.24, 2.45) is 0 Å². The van der Waals surface area contributed by atoms with Crippen LogP contribution >= 0.6 is 45.9 Å². The molecule has 0 aliphatic heterocycles. The molecule has 0 spiro atoms. The van der Waals surface area contributed by atoms with Gasteiger partial charge in [0, 0.05) is 31.3 Å². The predicted octanol–water partition coefficient (Wildman–Crippen LogP) is 13.7. The third kappa shape index (κ3) is 6.20. The Balaban J connectivity index is 0.000000138. The summed E-state index contributed by atoms with van der Waals surface area (Å²) in [6.45, 7) is 0. The van der Waals surface area contributed by atoms with Crippen molar-refractivity contribution in [1.82, 2.24) is 19.9 Å². The highest BCUT2D eigenvalue weighted by molar-refractivity contribution is 7.26. The van der Waals surface area contributed by atoms with Gasteiger partial charge in [0.15, 0.2) is 0 Å². The molecule has 0 atom stereocenters. The Morgan fingerprint density at radius 1 is 0.327 bits per heavy atom. The van der Waals surface area contributed by atoms with E-state index in [0.29, 0.717) is 0 Å². The van der Waals surface area contributed by atoms with Crippen LogP contribution in [0.2, 0.25) is 10.6 Å². The molecule has 4 aromatic heterocycles. The molecule has 10 aromatic rings. The van der Waals surface area contributed by atoms with Gasteiger partial charge in [-0.05, 0) is 57.6 Å². The van der Waals surface area contributed by atoms with Gasteiger partial charge in [-0.15, -0.1) is 22.7 Å². The molecule has 0 fully saturated rings. The number of fused-ring (bicyclic) bond motifs is 6. The van der Waals surface area contributed by atoms with E-state index in [2.05, 4.69) is 117 Å². The molecular formula is C44H26Cl2N4S2. The van der Waals surface area contributed by atoms with E-state index in [4.69, 9.17) is 23.2 Å². The van der Waals surface area contributed by atoms with Crippen molar-refractivity contribution in [3.63, 3.8) is 0 Å².